The van der Waals surface area contributed by atoms with Crippen LogP contribution in [-0.2, 0) is 0 Å². The fourth-order valence-electron chi connectivity index (χ4n) is 2.36. The highest BCUT2D eigenvalue weighted by Gasteiger charge is 2.56. The Morgan fingerprint density at radius 1 is 1.00 bits per heavy atom. The van der Waals surface area contributed by atoms with Gasteiger partial charge in [-0.3, -0.25) is 0 Å². The summed E-state index contributed by atoms with van der Waals surface area (Å²) in [5.41, 5.74) is 0.328. The Bertz CT molecular complexity index is 659. The molecule has 2 aromatic rings. The topological polar surface area (TPSA) is 47.6 Å². The number of hydrogen-bond donors (Lipinski definition) is 0. The zero-order chi connectivity index (χ0) is 11.9. The largest absolute Gasteiger partial charge is 0.197 e. The van der Waals surface area contributed by atoms with E-state index in [1.807, 2.05) is 18.2 Å². The summed E-state index contributed by atoms with van der Waals surface area (Å²) in [5, 5.41) is 20.4. The third kappa shape index (κ3) is 1.39. The quantitative estimate of drug-likeness (QED) is 0.736. The predicted molar refractivity (Wildman–Crippen MR) is 65.0 cm³/mol. The third-order valence-electron chi connectivity index (χ3n) is 3.54. The number of rotatable bonds is 1. The Morgan fingerprint density at radius 3 is 2.35 bits per heavy atom. The van der Waals surface area contributed by atoms with Crippen molar-refractivity contribution in [3.63, 3.8) is 0 Å². The first-order valence-electron chi connectivity index (χ1n) is 5.60. The van der Waals surface area contributed by atoms with E-state index in [9.17, 15) is 0 Å². The highest BCUT2D eigenvalue weighted by atomic mass is 14.6. The number of fused-ring (bicyclic) bond motifs is 1. The van der Waals surface area contributed by atoms with E-state index < -0.39 is 5.41 Å². The molecule has 0 heterocycles. The monoisotopic (exact) mass is 218 g/mol. The summed E-state index contributed by atoms with van der Waals surface area (Å²) in [7, 11) is 0. The van der Waals surface area contributed by atoms with Crippen molar-refractivity contribution >= 4 is 10.8 Å². The van der Waals surface area contributed by atoms with Crippen molar-refractivity contribution in [2.75, 3.05) is 0 Å². The van der Waals surface area contributed by atoms with Gasteiger partial charge in [0.25, 0.3) is 0 Å². The molecule has 0 spiro atoms. The maximum atomic E-state index is 9.03. The Labute approximate surface area is 99.7 Å². The molecule has 0 saturated heterocycles. The summed E-state index contributed by atoms with van der Waals surface area (Å²) < 4.78 is 0. The number of nitrogens with zero attached hydrogens (tertiary/aromatic N) is 2. The molecule has 1 saturated carbocycles. The second-order valence-corrected chi connectivity index (χ2v) is 4.56. The smallest absolute Gasteiger partial charge is 0.151 e. The van der Waals surface area contributed by atoms with Crippen molar-refractivity contribution in [3.8, 4) is 12.1 Å². The zero-order valence-corrected chi connectivity index (χ0v) is 9.22. The molecule has 1 atom stereocenters. The average molecular weight is 218 g/mol. The minimum Gasteiger partial charge on any atom is -0.197 e. The van der Waals surface area contributed by atoms with E-state index in [4.69, 9.17) is 10.5 Å². The molecule has 17 heavy (non-hydrogen) atoms. The lowest BCUT2D eigenvalue weighted by molar-refractivity contribution is 0.842. The van der Waals surface area contributed by atoms with Crippen molar-refractivity contribution in [2.24, 2.45) is 5.41 Å². The van der Waals surface area contributed by atoms with Crippen LogP contribution in [0.2, 0.25) is 0 Å². The van der Waals surface area contributed by atoms with Gasteiger partial charge in [0.1, 0.15) is 0 Å². The van der Waals surface area contributed by atoms with Crippen LogP contribution < -0.4 is 0 Å². The van der Waals surface area contributed by atoms with Gasteiger partial charge in [0.15, 0.2) is 5.41 Å². The molecular weight excluding hydrogens is 208 g/mol. The third-order valence-corrected chi connectivity index (χ3v) is 3.54. The van der Waals surface area contributed by atoms with Gasteiger partial charge >= 0.3 is 0 Å². The van der Waals surface area contributed by atoms with Crippen LogP contribution in [0, 0.1) is 28.1 Å². The van der Waals surface area contributed by atoms with Gasteiger partial charge in [-0.1, -0.05) is 42.5 Å². The van der Waals surface area contributed by atoms with Crippen LogP contribution in [0.4, 0.5) is 0 Å². The van der Waals surface area contributed by atoms with Crippen LogP contribution in [0.5, 0.6) is 0 Å². The molecule has 2 aromatic carbocycles. The minimum absolute atomic E-state index is 0.0853. The summed E-state index contributed by atoms with van der Waals surface area (Å²) in [6, 6.07) is 18.6. The van der Waals surface area contributed by atoms with Crippen LogP contribution in [0.1, 0.15) is 17.9 Å². The molecule has 1 fully saturated rings. The standard InChI is InChI=1S/C15H10N2/c16-9-15(10-17)8-14(15)13-6-5-11-3-1-2-4-12(11)7-13/h1-7,14H,8H2. The fraction of sp³-hybridized carbons (Fsp3) is 0.200. The molecular formula is C15H10N2. The molecule has 1 aliphatic carbocycles. The SMILES string of the molecule is N#CC1(C#N)CC1c1ccc2ccccc2c1. The molecule has 0 radical (unpaired) electrons. The molecule has 0 bridgehead atoms. The molecule has 0 N–H and O–H groups in total. The van der Waals surface area contributed by atoms with Crippen molar-refractivity contribution < 1.29 is 0 Å². The number of hydrogen-bond acceptors (Lipinski definition) is 2. The summed E-state index contributed by atoms with van der Waals surface area (Å²) in [6.07, 6.45) is 0.665. The molecule has 0 aromatic heterocycles. The van der Waals surface area contributed by atoms with Gasteiger partial charge in [-0.25, -0.2) is 0 Å². The van der Waals surface area contributed by atoms with E-state index in [0.29, 0.717) is 6.42 Å². The Kier molecular flexibility index (Phi) is 1.94. The predicted octanol–water partition coefficient (Wildman–Crippen LogP) is 3.36. The van der Waals surface area contributed by atoms with Gasteiger partial charge in [0.2, 0.25) is 0 Å². The van der Waals surface area contributed by atoms with Crippen molar-refractivity contribution in [1.82, 2.24) is 0 Å². The second-order valence-electron chi connectivity index (χ2n) is 4.56. The lowest BCUT2D eigenvalue weighted by Crippen LogP contribution is -1.95. The van der Waals surface area contributed by atoms with Gasteiger partial charge in [-0.15, -0.1) is 0 Å². The van der Waals surface area contributed by atoms with Gasteiger partial charge < -0.3 is 0 Å². The minimum atomic E-state index is -0.775. The molecule has 1 aliphatic rings. The van der Waals surface area contributed by atoms with Crippen molar-refractivity contribution in [1.29, 1.82) is 10.5 Å². The summed E-state index contributed by atoms with van der Waals surface area (Å²) >= 11 is 0. The summed E-state index contributed by atoms with van der Waals surface area (Å²) in [5.74, 6) is 0.0853. The van der Waals surface area contributed by atoms with Gasteiger partial charge in [-0.05, 0) is 22.8 Å². The summed E-state index contributed by atoms with van der Waals surface area (Å²) in [4.78, 5) is 0. The number of nitriles is 2. The van der Waals surface area contributed by atoms with Crippen LogP contribution in [-0.4, -0.2) is 0 Å². The maximum absolute atomic E-state index is 9.03. The molecule has 1 unspecified atom stereocenters. The van der Waals surface area contributed by atoms with E-state index in [1.54, 1.807) is 0 Å². The van der Waals surface area contributed by atoms with E-state index >= 15 is 0 Å². The van der Waals surface area contributed by atoms with Crippen LogP contribution in [0.25, 0.3) is 10.8 Å². The first-order chi connectivity index (χ1) is 8.29. The lowest BCUT2D eigenvalue weighted by atomic mass is 9.99. The Balaban J connectivity index is 2.05. The normalized spacial score (nSPS) is 20.5. The highest BCUT2D eigenvalue weighted by Crippen LogP contribution is 2.58. The van der Waals surface area contributed by atoms with E-state index in [2.05, 4.69) is 36.4 Å². The molecule has 2 heteroatoms. The average Bonchev–Trinajstić information content (AvgIpc) is 3.13. The maximum Gasteiger partial charge on any atom is 0.151 e. The second kappa shape index (κ2) is 3.34. The van der Waals surface area contributed by atoms with Gasteiger partial charge in [-0.2, -0.15) is 10.5 Å². The van der Waals surface area contributed by atoms with Crippen molar-refractivity contribution in [2.45, 2.75) is 12.3 Å². The Morgan fingerprint density at radius 2 is 1.71 bits per heavy atom. The molecule has 0 aliphatic heterocycles. The van der Waals surface area contributed by atoms with Gasteiger partial charge in [0.05, 0.1) is 12.1 Å². The highest BCUT2D eigenvalue weighted by molar-refractivity contribution is 5.83. The number of benzene rings is 2. The van der Waals surface area contributed by atoms with Crippen molar-refractivity contribution in [3.05, 3.63) is 48.0 Å². The van der Waals surface area contributed by atoms with Crippen LogP contribution in [0.3, 0.4) is 0 Å². The van der Waals surface area contributed by atoms with Gasteiger partial charge in [0, 0.05) is 5.92 Å². The molecule has 0 amide bonds. The first kappa shape index (κ1) is 9.87. The van der Waals surface area contributed by atoms with E-state index in [-0.39, 0.29) is 5.92 Å². The molecule has 3 rings (SSSR count). The van der Waals surface area contributed by atoms with E-state index in [0.717, 1.165) is 5.56 Å². The van der Waals surface area contributed by atoms with Crippen LogP contribution >= 0.6 is 0 Å². The molecule has 80 valence electrons. The first-order valence-corrected chi connectivity index (χ1v) is 5.60. The Hall–Kier alpha value is -2.32. The lowest BCUT2D eigenvalue weighted by Gasteiger charge is -2.03. The molecule has 2 nitrogen and oxygen atoms in total. The zero-order valence-electron chi connectivity index (χ0n) is 9.22. The summed E-state index contributed by atoms with van der Waals surface area (Å²) in [6.45, 7) is 0. The van der Waals surface area contributed by atoms with E-state index in [1.165, 1.54) is 10.8 Å². The fourth-order valence-corrected chi connectivity index (χ4v) is 2.36. The van der Waals surface area contributed by atoms with Crippen LogP contribution in [0.15, 0.2) is 42.5 Å².